The molecule has 5 heteroatoms. The molecule has 0 aliphatic rings. The maximum Gasteiger partial charge on any atom is 0.125 e. The van der Waals surface area contributed by atoms with Gasteiger partial charge in [-0.1, -0.05) is 6.07 Å². The molecule has 0 aliphatic heterocycles. The lowest BCUT2D eigenvalue weighted by atomic mass is 10.2. The molecule has 0 spiro atoms. The molecular weight excluding hydrogens is 243 g/mol. The molecule has 0 saturated carbocycles. The van der Waals surface area contributed by atoms with E-state index in [2.05, 4.69) is 15.6 Å². The molecule has 1 heterocycles. The first-order valence-electron chi connectivity index (χ1n) is 6.16. The van der Waals surface area contributed by atoms with Crippen LogP contribution in [0.15, 0.2) is 42.6 Å². The molecule has 1 aromatic carbocycles. The predicted octanol–water partition coefficient (Wildman–Crippen LogP) is 2.20. The summed E-state index contributed by atoms with van der Waals surface area (Å²) in [5, 5.41) is 6.31. The average molecular weight is 260 g/mol. The van der Waals surface area contributed by atoms with Crippen molar-refractivity contribution < 1.29 is 4.39 Å². The SMILES string of the molecule is NCCNc1ccc(CNc2ccc(F)cc2)cn1. The summed E-state index contributed by atoms with van der Waals surface area (Å²) < 4.78 is 12.7. The number of benzene rings is 1. The smallest absolute Gasteiger partial charge is 0.125 e. The molecule has 0 aliphatic carbocycles. The van der Waals surface area contributed by atoms with Crippen LogP contribution in [-0.4, -0.2) is 18.1 Å². The van der Waals surface area contributed by atoms with E-state index in [9.17, 15) is 4.39 Å². The van der Waals surface area contributed by atoms with Gasteiger partial charge >= 0.3 is 0 Å². The maximum absolute atomic E-state index is 12.7. The van der Waals surface area contributed by atoms with Crippen LogP contribution in [0.2, 0.25) is 0 Å². The van der Waals surface area contributed by atoms with Crippen molar-refractivity contribution in [3.05, 3.63) is 54.0 Å². The fourth-order valence-electron chi connectivity index (χ4n) is 1.61. The van der Waals surface area contributed by atoms with Crippen molar-refractivity contribution >= 4 is 11.5 Å². The zero-order valence-electron chi connectivity index (χ0n) is 10.6. The number of pyridine rings is 1. The van der Waals surface area contributed by atoms with Gasteiger partial charge < -0.3 is 16.4 Å². The van der Waals surface area contributed by atoms with Gasteiger partial charge in [0.25, 0.3) is 0 Å². The third-order valence-electron chi connectivity index (χ3n) is 2.62. The summed E-state index contributed by atoms with van der Waals surface area (Å²) in [4.78, 5) is 4.28. The number of nitrogens with one attached hydrogen (secondary N) is 2. The topological polar surface area (TPSA) is 63.0 Å². The fraction of sp³-hybridized carbons (Fsp3) is 0.214. The minimum Gasteiger partial charge on any atom is -0.381 e. The summed E-state index contributed by atoms with van der Waals surface area (Å²) in [7, 11) is 0. The average Bonchev–Trinajstić information content (AvgIpc) is 2.46. The molecule has 0 radical (unpaired) electrons. The second-order valence-corrected chi connectivity index (χ2v) is 4.13. The second kappa shape index (κ2) is 6.70. The number of aromatic nitrogens is 1. The highest BCUT2D eigenvalue weighted by atomic mass is 19.1. The quantitative estimate of drug-likeness (QED) is 0.745. The van der Waals surface area contributed by atoms with Gasteiger partial charge in [0.15, 0.2) is 0 Å². The summed E-state index contributed by atoms with van der Waals surface area (Å²) >= 11 is 0. The summed E-state index contributed by atoms with van der Waals surface area (Å²) in [5.41, 5.74) is 7.34. The van der Waals surface area contributed by atoms with Crippen LogP contribution in [0.5, 0.6) is 0 Å². The zero-order valence-corrected chi connectivity index (χ0v) is 10.6. The Balaban J connectivity index is 1.87. The van der Waals surface area contributed by atoms with Crippen molar-refractivity contribution in [1.82, 2.24) is 4.98 Å². The van der Waals surface area contributed by atoms with Crippen LogP contribution < -0.4 is 16.4 Å². The predicted molar refractivity (Wildman–Crippen MR) is 75.5 cm³/mol. The molecular formula is C14H17FN4. The molecule has 2 aromatic rings. The minimum atomic E-state index is -0.234. The van der Waals surface area contributed by atoms with Crippen LogP contribution in [0.3, 0.4) is 0 Å². The van der Waals surface area contributed by atoms with Crippen molar-refractivity contribution in [3.8, 4) is 0 Å². The third kappa shape index (κ3) is 4.22. The molecule has 0 unspecified atom stereocenters. The largest absolute Gasteiger partial charge is 0.381 e. The van der Waals surface area contributed by atoms with E-state index in [1.54, 1.807) is 18.3 Å². The highest BCUT2D eigenvalue weighted by Gasteiger charge is 1.97. The van der Waals surface area contributed by atoms with E-state index in [0.717, 1.165) is 17.1 Å². The summed E-state index contributed by atoms with van der Waals surface area (Å²) in [6, 6.07) is 10.2. The van der Waals surface area contributed by atoms with Crippen LogP contribution in [0.4, 0.5) is 15.9 Å². The van der Waals surface area contributed by atoms with Gasteiger partial charge in [-0.3, -0.25) is 0 Å². The number of hydrogen-bond acceptors (Lipinski definition) is 4. The molecule has 4 nitrogen and oxygen atoms in total. The van der Waals surface area contributed by atoms with E-state index >= 15 is 0 Å². The Labute approximate surface area is 111 Å². The molecule has 1 aromatic heterocycles. The van der Waals surface area contributed by atoms with E-state index in [1.807, 2.05) is 12.1 Å². The van der Waals surface area contributed by atoms with Crippen molar-refractivity contribution in [2.45, 2.75) is 6.54 Å². The van der Waals surface area contributed by atoms with Crippen molar-refractivity contribution in [3.63, 3.8) is 0 Å². The number of nitrogens with zero attached hydrogens (tertiary/aromatic N) is 1. The monoisotopic (exact) mass is 260 g/mol. The van der Waals surface area contributed by atoms with Gasteiger partial charge in [0, 0.05) is 31.5 Å². The molecule has 0 fully saturated rings. The van der Waals surface area contributed by atoms with Crippen LogP contribution in [0, 0.1) is 5.82 Å². The lowest BCUT2D eigenvalue weighted by Crippen LogP contribution is -2.13. The number of nitrogens with two attached hydrogens (primary N) is 1. The Hall–Kier alpha value is -2.14. The lowest BCUT2D eigenvalue weighted by Gasteiger charge is -2.07. The van der Waals surface area contributed by atoms with Gasteiger partial charge in [-0.25, -0.2) is 9.37 Å². The van der Waals surface area contributed by atoms with E-state index in [4.69, 9.17) is 5.73 Å². The van der Waals surface area contributed by atoms with Crippen molar-refractivity contribution in [2.75, 3.05) is 23.7 Å². The van der Waals surface area contributed by atoms with Gasteiger partial charge in [0.05, 0.1) is 0 Å². The first kappa shape index (κ1) is 13.3. The number of halogens is 1. The molecule has 2 rings (SSSR count). The summed E-state index contributed by atoms with van der Waals surface area (Å²) in [5.74, 6) is 0.582. The standard InChI is InChI=1S/C14H17FN4/c15-12-2-4-13(5-3-12)18-9-11-1-6-14(19-10-11)17-8-7-16/h1-6,10,18H,7-9,16H2,(H,17,19). The fourth-order valence-corrected chi connectivity index (χ4v) is 1.61. The maximum atomic E-state index is 12.7. The van der Waals surface area contributed by atoms with Crippen molar-refractivity contribution in [2.24, 2.45) is 5.73 Å². The second-order valence-electron chi connectivity index (χ2n) is 4.13. The van der Waals surface area contributed by atoms with Gasteiger partial charge in [-0.05, 0) is 35.9 Å². The van der Waals surface area contributed by atoms with Crippen molar-refractivity contribution in [1.29, 1.82) is 0 Å². The van der Waals surface area contributed by atoms with Gasteiger partial charge in [-0.15, -0.1) is 0 Å². The number of hydrogen-bond donors (Lipinski definition) is 3. The van der Waals surface area contributed by atoms with E-state index < -0.39 is 0 Å². The Morgan fingerprint density at radius 1 is 1.05 bits per heavy atom. The molecule has 0 bridgehead atoms. The first-order chi connectivity index (χ1) is 9.28. The zero-order chi connectivity index (χ0) is 13.5. The Kier molecular flexibility index (Phi) is 4.69. The highest BCUT2D eigenvalue weighted by molar-refractivity contribution is 5.44. The first-order valence-corrected chi connectivity index (χ1v) is 6.16. The summed E-state index contributed by atoms with van der Waals surface area (Å²) in [6.07, 6.45) is 1.80. The van der Waals surface area contributed by atoms with E-state index in [-0.39, 0.29) is 5.82 Å². The minimum absolute atomic E-state index is 0.234. The summed E-state index contributed by atoms with van der Waals surface area (Å²) in [6.45, 7) is 1.94. The number of rotatable bonds is 6. The molecule has 4 N–H and O–H groups in total. The molecule has 0 atom stereocenters. The van der Waals surface area contributed by atoms with Crippen LogP contribution >= 0.6 is 0 Å². The Bertz CT molecular complexity index is 496. The normalized spacial score (nSPS) is 10.2. The van der Waals surface area contributed by atoms with Crippen LogP contribution in [0.25, 0.3) is 0 Å². The van der Waals surface area contributed by atoms with E-state index in [1.165, 1.54) is 12.1 Å². The Morgan fingerprint density at radius 3 is 2.47 bits per heavy atom. The van der Waals surface area contributed by atoms with Gasteiger partial charge in [-0.2, -0.15) is 0 Å². The number of anilines is 2. The molecule has 19 heavy (non-hydrogen) atoms. The van der Waals surface area contributed by atoms with Gasteiger partial charge in [0.1, 0.15) is 11.6 Å². The van der Waals surface area contributed by atoms with Crippen LogP contribution in [-0.2, 0) is 6.54 Å². The molecule has 0 amide bonds. The highest BCUT2D eigenvalue weighted by Crippen LogP contribution is 2.11. The van der Waals surface area contributed by atoms with Crippen LogP contribution in [0.1, 0.15) is 5.56 Å². The third-order valence-corrected chi connectivity index (χ3v) is 2.62. The van der Waals surface area contributed by atoms with E-state index in [0.29, 0.717) is 19.6 Å². The lowest BCUT2D eigenvalue weighted by molar-refractivity contribution is 0.628. The molecule has 0 saturated heterocycles. The Morgan fingerprint density at radius 2 is 1.84 bits per heavy atom. The molecule has 100 valence electrons. The van der Waals surface area contributed by atoms with Gasteiger partial charge in [0.2, 0.25) is 0 Å².